The van der Waals surface area contributed by atoms with Crippen molar-refractivity contribution < 1.29 is 18.4 Å². The lowest BCUT2D eigenvalue weighted by molar-refractivity contribution is -0.123. The highest BCUT2D eigenvalue weighted by atomic mass is 19.3. The molecule has 1 atom stereocenters. The van der Waals surface area contributed by atoms with E-state index >= 15 is 0 Å². The molecular weight excluding hydrogens is 420 g/mol. The Morgan fingerprint density at radius 2 is 2.03 bits per heavy atom. The van der Waals surface area contributed by atoms with Crippen LogP contribution in [0.25, 0.3) is 0 Å². The average molecular weight is 441 g/mol. The Hall–Kier alpha value is -3.55. The van der Waals surface area contributed by atoms with Gasteiger partial charge in [-0.1, -0.05) is 0 Å². The van der Waals surface area contributed by atoms with Crippen molar-refractivity contribution in [3.05, 3.63) is 30.1 Å². The van der Waals surface area contributed by atoms with Crippen LogP contribution in [0.4, 0.5) is 26.1 Å². The fourth-order valence-electron chi connectivity index (χ4n) is 4.47. The van der Waals surface area contributed by atoms with Crippen LogP contribution in [0.5, 0.6) is 0 Å². The Labute approximate surface area is 182 Å². The molecule has 2 aromatic rings. The lowest BCUT2D eigenvalue weighted by Gasteiger charge is -2.38. The Balaban J connectivity index is 1.32. The van der Waals surface area contributed by atoms with E-state index in [0.29, 0.717) is 30.3 Å². The number of anilines is 3. The molecule has 3 fully saturated rings. The molecule has 32 heavy (non-hydrogen) atoms. The van der Waals surface area contributed by atoms with Crippen molar-refractivity contribution >= 4 is 29.1 Å². The second-order valence-corrected chi connectivity index (χ2v) is 8.64. The first-order valence-corrected chi connectivity index (χ1v) is 10.4. The van der Waals surface area contributed by atoms with E-state index in [1.807, 2.05) is 0 Å². The van der Waals surface area contributed by atoms with E-state index in [4.69, 9.17) is 0 Å². The van der Waals surface area contributed by atoms with Gasteiger partial charge in [0.05, 0.1) is 19.2 Å². The molecule has 2 aliphatic heterocycles. The summed E-state index contributed by atoms with van der Waals surface area (Å²) in [6, 6.07) is 7.14. The summed E-state index contributed by atoms with van der Waals surface area (Å²) >= 11 is 0. The smallest absolute Gasteiger partial charge is 0.282 e. The second kappa shape index (κ2) is 6.98. The number of amides is 2. The maximum atomic E-state index is 13.1. The number of carbonyl (C=O) groups excluding carboxylic acids is 2. The molecule has 9 nitrogen and oxygen atoms in total. The maximum Gasteiger partial charge on any atom is 0.282 e. The van der Waals surface area contributed by atoms with Crippen LogP contribution < -0.4 is 10.2 Å². The van der Waals surface area contributed by atoms with Crippen molar-refractivity contribution in [2.45, 2.75) is 25.2 Å². The molecule has 0 spiro atoms. The number of pyridine rings is 1. The molecule has 1 saturated carbocycles. The minimum Gasteiger partial charge on any atom is -0.325 e. The van der Waals surface area contributed by atoms with Gasteiger partial charge in [-0.3, -0.25) is 14.3 Å². The van der Waals surface area contributed by atoms with Crippen molar-refractivity contribution in [3.8, 4) is 6.07 Å². The Morgan fingerprint density at radius 3 is 2.69 bits per heavy atom. The summed E-state index contributed by atoms with van der Waals surface area (Å²) in [7, 11) is 1.56. The molecule has 1 N–H and O–H groups in total. The molecule has 11 heteroatoms. The van der Waals surface area contributed by atoms with Gasteiger partial charge in [-0.25, -0.2) is 13.8 Å². The zero-order valence-corrected chi connectivity index (χ0v) is 17.4. The summed E-state index contributed by atoms with van der Waals surface area (Å²) in [5.41, 5.74) is -0.127. The third-order valence-electron chi connectivity index (χ3n) is 6.37. The first kappa shape index (κ1) is 20.4. The van der Waals surface area contributed by atoms with Crippen LogP contribution in [0.2, 0.25) is 0 Å². The molecule has 1 aliphatic carbocycles. The molecule has 2 amide bonds. The number of hydrogen-bond donors (Lipinski definition) is 1. The lowest BCUT2D eigenvalue weighted by atomic mass is 9.83. The molecule has 0 radical (unpaired) electrons. The van der Waals surface area contributed by atoms with Crippen LogP contribution in [-0.4, -0.2) is 57.0 Å². The molecule has 0 bridgehead atoms. The molecule has 0 aromatic carbocycles. The Kier molecular flexibility index (Phi) is 4.44. The average Bonchev–Trinajstić information content (AvgIpc) is 3.45. The van der Waals surface area contributed by atoms with Crippen molar-refractivity contribution in [3.63, 3.8) is 0 Å². The van der Waals surface area contributed by atoms with Gasteiger partial charge in [-0.15, -0.1) is 0 Å². The number of nitriles is 1. The number of carbonyl (C=O) groups is 2. The molecule has 2 aromatic heterocycles. The van der Waals surface area contributed by atoms with Gasteiger partial charge in [0.1, 0.15) is 16.9 Å². The highest BCUT2D eigenvalue weighted by Crippen LogP contribution is 2.51. The highest BCUT2D eigenvalue weighted by molar-refractivity contribution is 6.02. The number of aryl methyl sites for hydroxylation is 1. The van der Waals surface area contributed by atoms with Gasteiger partial charge in [0.2, 0.25) is 5.91 Å². The number of halogens is 2. The van der Waals surface area contributed by atoms with Gasteiger partial charge >= 0.3 is 0 Å². The molecule has 0 unspecified atom stereocenters. The van der Waals surface area contributed by atoms with Gasteiger partial charge in [0, 0.05) is 37.6 Å². The summed E-state index contributed by atoms with van der Waals surface area (Å²) < 4.78 is 27.5. The quantitative estimate of drug-likeness (QED) is 0.763. The Bertz CT molecular complexity index is 1150. The van der Waals surface area contributed by atoms with Gasteiger partial charge < -0.3 is 15.1 Å². The monoisotopic (exact) mass is 441 g/mol. The van der Waals surface area contributed by atoms with Crippen LogP contribution in [0.1, 0.15) is 29.8 Å². The van der Waals surface area contributed by atoms with E-state index in [1.165, 1.54) is 10.7 Å². The summed E-state index contributed by atoms with van der Waals surface area (Å²) in [6.07, 6.45) is 3.88. The van der Waals surface area contributed by atoms with Gasteiger partial charge in [0.15, 0.2) is 5.82 Å². The summed E-state index contributed by atoms with van der Waals surface area (Å²) in [4.78, 5) is 32.4. The zero-order valence-electron chi connectivity index (χ0n) is 17.4. The second-order valence-electron chi connectivity index (χ2n) is 8.64. The van der Waals surface area contributed by atoms with Crippen LogP contribution in [0.3, 0.4) is 0 Å². The topological polar surface area (TPSA) is 107 Å². The number of nitrogens with one attached hydrogen (secondary N) is 1. The zero-order chi connectivity index (χ0) is 22.7. The number of rotatable bonds is 5. The van der Waals surface area contributed by atoms with Gasteiger partial charge in [-0.05, 0) is 31.2 Å². The molecular formula is C21H21F2N7O2. The van der Waals surface area contributed by atoms with Gasteiger partial charge in [0.25, 0.3) is 11.8 Å². The van der Waals surface area contributed by atoms with Crippen molar-refractivity contribution in [1.82, 2.24) is 19.7 Å². The predicted molar refractivity (Wildman–Crippen MR) is 109 cm³/mol. The SMILES string of the molecule is Cn1nc(Nc2cc(N3CC[C@@](C#N)(C4CC4)C3=O)ccn2)cc1C(=O)N1CC(F)(F)C1. The van der Waals surface area contributed by atoms with Crippen LogP contribution in [0, 0.1) is 22.7 Å². The number of alkyl halides is 2. The first-order valence-electron chi connectivity index (χ1n) is 10.4. The largest absolute Gasteiger partial charge is 0.325 e. The Morgan fingerprint density at radius 1 is 1.28 bits per heavy atom. The van der Waals surface area contributed by atoms with Gasteiger partial charge in [-0.2, -0.15) is 10.4 Å². The van der Waals surface area contributed by atoms with E-state index in [1.54, 1.807) is 30.3 Å². The van der Waals surface area contributed by atoms with Crippen molar-refractivity contribution in [2.75, 3.05) is 29.9 Å². The number of nitrogens with zero attached hydrogens (tertiary/aromatic N) is 6. The standard InChI is InChI=1S/C21H21F2N7O2/c1-28-15(18(31)29-11-21(22,23)12-29)9-17(27-28)26-16-8-14(4-6-25-16)30-7-5-20(10-24,19(30)32)13-2-3-13/h4,6,8-9,13H,2-3,5,7,11-12H2,1H3,(H,25,26,27)/t20-/m1/s1. The van der Waals surface area contributed by atoms with Crippen LogP contribution in [-0.2, 0) is 11.8 Å². The third kappa shape index (κ3) is 3.26. The summed E-state index contributed by atoms with van der Waals surface area (Å²) in [5, 5.41) is 16.9. The van der Waals surface area contributed by atoms with Crippen molar-refractivity contribution in [2.24, 2.45) is 18.4 Å². The fourth-order valence-corrected chi connectivity index (χ4v) is 4.47. The highest BCUT2D eigenvalue weighted by Gasteiger charge is 2.56. The number of hydrogen-bond acceptors (Lipinski definition) is 6. The summed E-state index contributed by atoms with van der Waals surface area (Å²) in [6.45, 7) is -0.731. The summed E-state index contributed by atoms with van der Waals surface area (Å²) in [5.74, 6) is -2.66. The normalized spacial score (nSPS) is 24.2. The molecule has 4 heterocycles. The fraction of sp³-hybridized carbons (Fsp3) is 0.476. The molecule has 5 rings (SSSR count). The number of likely N-dealkylation sites (tertiary alicyclic amines) is 1. The van der Waals surface area contributed by atoms with E-state index in [-0.39, 0.29) is 17.5 Å². The third-order valence-corrected chi connectivity index (χ3v) is 6.37. The van der Waals surface area contributed by atoms with E-state index in [2.05, 4.69) is 21.5 Å². The molecule has 2 saturated heterocycles. The number of aromatic nitrogens is 3. The predicted octanol–water partition coefficient (Wildman–Crippen LogP) is 2.31. The minimum atomic E-state index is -2.84. The van der Waals surface area contributed by atoms with E-state index in [0.717, 1.165) is 17.7 Å². The molecule has 166 valence electrons. The van der Waals surface area contributed by atoms with Crippen LogP contribution >= 0.6 is 0 Å². The molecule has 3 aliphatic rings. The van der Waals surface area contributed by atoms with E-state index < -0.39 is 30.3 Å². The lowest BCUT2D eigenvalue weighted by Crippen LogP contribution is -2.58. The first-order chi connectivity index (χ1) is 15.2. The van der Waals surface area contributed by atoms with Crippen molar-refractivity contribution in [1.29, 1.82) is 5.26 Å². The minimum absolute atomic E-state index is 0.139. The van der Waals surface area contributed by atoms with Crippen LogP contribution in [0.15, 0.2) is 24.4 Å². The maximum absolute atomic E-state index is 13.1. The van der Waals surface area contributed by atoms with E-state index in [9.17, 15) is 23.6 Å².